The Morgan fingerprint density at radius 2 is 1.88 bits per heavy atom. The lowest BCUT2D eigenvalue weighted by molar-refractivity contribution is -0.380. The number of nitrogens with one attached hydrogen (secondary N) is 1. The molecule has 1 N–H and O–H groups in total. The minimum absolute atomic E-state index is 0.0940. The van der Waals surface area contributed by atoms with E-state index < -0.39 is 20.9 Å². The molecule has 0 aliphatic rings. The predicted octanol–water partition coefficient (Wildman–Crippen LogP) is 2.33. The Morgan fingerprint density at radius 3 is 2.36 bits per heavy atom. The van der Waals surface area contributed by atoms with E-state index in [0.717, 1.165) is 17.5 Å². The maximum Gasteiger partial charge on any atom is 0.345 e. The fraction of sp³-hybridized carbons (Fsp3) is 0.286. The van der Waals surface area contributed by atoms with Gasteiger partial charge in [0.05, 0.1) is 9.82 Å². The molecule has 0 saturated carbocycles. The first-order chi connectivity index (χ1) is 11.8. The van der Waals surface area contributed by atoms with Crippen molar-refractivity contribution in [2.24, 2.45) is 0 Å². The second kappa shape index (κ2) is 7.68. The second-order valence-corrected chi connectivity index (χ2v) is 7.78. The van der Waals surface area contributed by atoms with Crippen molar-refractivity contribution in [2.45, 2.75) is 18.7 Å². The molecule has 0 aliphatic heterocycles. The third-order valence-corrected chi connectivity index (χ3v) is 6.28. The molecule has 1 aromatic carbocycles. The van der Waals surface area contributed by atoms with E-state index >= 15 is 0 Å². The van der Waals surface area contributed by atoms with Crippen molar-refractivity contribution in [1.82, 2.24) is 9.29 Å². The second-order valence-electron chi connectivity index (χ2n) is 4.83. The summed E-state index contributed by atoms with van der Waals surface area (Å²) in [5.74, 6) is -0.531. The van der Waals surface area contributed by atoms with Crippen LogP contribution in [0.4, 0.5) is 10.1 Å². The highest BCUT2D eigenvalue weighted by Gasteiger charge is 2.22. The van der Waals surface area contributed by atoms with E-state index in [9.17, 15) is 23.3 Å². The first-order valence-electron chi connectivity index (χ1n) is 7.31. The molecular weight excluding hydrogens is 368 g/mol. The van der Waals surface area contributed by atoms with Gasteiger partial charge in [0.15, 0.2) is 5.13 Å². The van der Waals surface area contributed by atoms with Crippen molar-refractivity contribution in [3.05, 3.63) is 46.1 Å². The van der Waals surface area contributed by atoms with Crippen LogP contribution in [0, 0.1) is 10.1 Å². The molecule has 1 amide bonds. The number of nitro groups is 1. The van der Waals surface area contributed by atoms with Crippen LogP contribution in [0.25, 0.3) is 0 Å². The van der Waals surface area contributed by atoms with Crippen molar-refractivity contribution in [1.29, 1.82) is 0 Å². The van der Waals surface area contributed by atoms with Crippen molar-refractivity contribution < 1.29 is 18.1 Å². The average molecular weight is 384 g/mol. The van der Waals surface area contributed by atoms with Gasteiger partial charge in [-0.2, -0.15) is 4.31 Å². The standard InChI is InChI=1S/C14H16N4O5S2/c1-3-17(4-2)25(22,23)11-7-5-10(6-8-11)13(19)16-14-15-9-12(24-14)18(20)21/h5-9H,3-4H2,1-2H3,(H,15,16,19). The zero-order valence-corrected chi connectivity index (χ0v) is 15.1. The summed E-state index contributed by atoms with van der Waals surface area (Å²) in [7, 11) is -3.59. The van der Waals surface area contributed by atoms with Crippen LogP contribution in [0.2, 0.25) is 0 Å². The number of hydrogen-bond acceptors (Lipinski definition) is 7. The average Bonchev–Trinajstić information content (AvgIpc) is 3.04. The number of carbonyl (C=O) groups excluding carboxylic acids is 1. The lowest BCUT2D eigenvalue weighted by atomic mass is 10.2. The van der Waals surface area contributed by atoms with Crippen LogP contribution in [-0.4, -0.2) is 41.6 Å². The normalized spacial score (nSPS) is 11.5. The summed E-state index contributed by atoms with van der Waals surface area (Å²) in [5.41, 5.74) is 0.219. The fourth-order valence-corrected chi connectivity index (χ4v) is 4.15. The maximum atomic E-state index is 12.4. The summed E-state index contributed by atoms with van der Waals surface area (Å²) < 4.78 is 26.1. The molecule has 0 aliphatic carbocycles. The van der Waals surface area contributed by atoms with Crippen LogP contribution in [0.1, 0.15) is 24.2 Å². The van der Waals surface area contributed by atoms with Gasteiger partial charge in [0.25, 0.3) is 5.91 Å². The van der Waals surface area contributed by atoms with Crippen LogP contribution in [0.3, 0.4) is 0 Å². The Bertz CT molecular complexity index is 873. The summed E-state index contributed by atoms with van der Waals surface area (Å²) in [5, 5.41) is 13.0. The molecule has 1 aromatic heterocycles. The quantitative estimate of drug-likeness (QED) is 0.577. The van der Waals surface area contributed by atoms with E-state index in [1.165, 1.54) is 28.6 Å². The van der Waals surface area contributed by atoms with E-state index in [2.05, 4.69) is 10.3 Å². The van der Waals surface area contributed by atoms with Gasteiger partial charge in [-0.05, 0) is 35.6 Å². The number of benzene rings is 1. The topological polar surface area (TPSA) is 123 Å². The minimum Gasteiger partial charge on any atom is -0.298 e. The Morgan fingerprint density at radius 1 is 1.28 bits per heavy atom. The first kappa shape index (κ1) is 19.0. The molecule has 0 radical (unpaired) electrons. The van der Waals surface area contributed by atoms with Gasteiger partial charge in [-0.1, -0.05) is 13.8 Å². The molecule has 134 valence electrons. The number of anilines is 1. The van der Waals surface area contributed by atoms with Gasteiger partial charge in [-0.15, -0.1) is 0 Å². The Kier molecular flexibility index (Phi) is 5.82. The van der Waals surface area contributed by atoms with Crippen molar-refractivity contribution in [3.63, 3.8) is 0 Å². The molecule has 0 saturated heterocycles. The molecule has 25 heavy (non-hydrogen) atoms. The van der Waals surface area contributed by atoms with E-state index in [-0.39, 0.29) is 20.6 Å². The number of carbonyl (C=O) groups is 1. The van der Waals surface area contributed by atoms with Gasteiger partial charge in [0, 0.05) is 18.7 Å². The van der Waals surface area contributed by atoms with Gasteiger partial charge in [-0.3, -0.25) is 20.2 Å². The van der Waals surface area contributed by atoms with Crippen LogP contribution in [0.15, 0.2) is 35.4 Å². The molecule has 0 bridgehead atoms. The molecule has 2 aromatic rings. The summed E-state index contributed by atoms with van der Waals surface area (Å²) >= 11 is 0.737. The molecule has 0 atom stereocenters. The van der Waals surface area contributed by atoms with Crippen LogP contribution in [0.5, 0.6) is 0 Å². The number of hydrogen-bond donors (Lipinski definition) is 1. The highest BCUT2D eigenvalue weighted by atomic mass is 32.2. The smallest absolute Gasteiger partial charge is 0.298 e. The predicted molar refractivity (Wildman–Crippen MR) is 93.3 cm³/mol. The number of amides is 1. The van der Waals surface area contributed by atoms with E-state index in [4.69, 9.17) is 0 Å². The third kappa shape index (κ3) is 4.18. The number of thiazole rings is 1. The van der Waals surface area contributed by atoms with Gasteiger partial charge >= 0.3 is 5.00 Å². The summed E-state index contributed by atoms with van der Waals surface area (Å²) in [6.07, 6.45) is 1.06. The third-order valence-electron chi connectivity index (χ3n) is 3.35. The van der Waals surface area contributed by atoms with Crippen molar-refractivity contribution >= 4 is 37.4 Å². The molecule has 2 rings (SSSR count). The molecule has 9 nitrogen and oxygen atoms in total. The van der Waals surface area contributed by atoms with E-state index in [1.54, 1.807) is 13.8 Å². The lowest BCUT2D eigenvalue weighted by Crippen LogP contribution is -2.30. The van der Waals surface area contributed by atoms with Gasteiger partial charge in [0.1, 0.15) is 6.20 Å². The van der Waals surface area contributed by atoms with Gasteiger partial charge < -0.3 is 0 Å². The van der Waals surface area contributed by atoms with E-state index in [0.29, 0.717) is 13.1 Å². The van der Waals surface area contributed by atoms with Crippen LogP contribution >= 0.6 is 11.3 Å². The number of aromatic nitrogens is 1. The summed E-state index contributed by atoms with van der Waals surface area (Å²) in [6.45, 7) is 4.19. The number of rotatable bonds is 7. The number of nitrogens with zero attached hydrogens (tertiary/aromatic N) is 3. The molecule has 0 unspecified atom stereocenters. The fourth-order valence-electron chi connectivity index (χ4n) is 2.07. The summed E-state index contributed by atoms with van der Waals surface area (Å²) in [6, 6.07) is 5.47. The molecule has 11 heteroatoms. The lowest BCUT2D eigenvalue weighted by Gasteiger charge is -2.18. The first-order valence-corrected chi connectivity index (χ1v) is 9.57. The monoisotopic (exact) mass is 384 g/mol. The SMILES string of the molecule is CCN(CC)S(=O)(=O)c1ccc(C(=O)Nc2ncc([N+](=O)[O-])s2)cc1. The summed E-state index contributed by atoms with van der Waals surface area (Å²) in [4.78, 5) is 26.0. The minimum atomic E-state index is -3.59. The molecular formula is C14H16N4O5S2. The Hall–Kier alpha value is -2.37. The van der Waals surface area contributed by atoms with Crippen molar-refractivity contribution in [2.75, 3.05) is 18.4 Å². The van der Waals surface area contributed by atoms with Gasteiger partial charge in [0.2, 0.25) is 10.0 Å². The van der Waals surface area contributed by atoms with Crippen LogP contribution < -0.4 is 5.32 Å². The zero-order chi connectivity index (χ0) is 18.6. The molecule has 0 fully saturated rings. The van der Waals surface area contributed by atoms with Crippen molar-refractivity contribution in [3.8, 4) is 0 Å². The zero-order valence-electron chi connectivity index (χ0n) is 13.5. The molecule has 0 spiro atoms. The number of sulfonamides is 1. The van der Waals surface area contributed by atoms with Crippen LogP contribution in [-0.2, 0) is 10.0 Å². The maximum absolute atomic E-state index is 12.4. The van der Waals surface area contributed by atoms with E-state index in [1.807, 2.05) is 0 Å². The van der Waals surface area contributed by atoms with Gasteiger partial charge in [-0.25, -0.2) is 13.4 Å². The Labute approximate surface area is 148 Å². The Balaban J connectivity index is 2.16. The largest absolute Gasteiger partial charge is 0.345 e. The highest BCUT2D eigenvalue weighted by Crippen LogP contribution is 2.25. The highest BCUT2D eigenvalue weighted by molar-refractivity contribution is 7.89. The molecule has 1 heterocycles.